The zero-order valence-corrected chi connectivity index (χ0v) is 13.1. The van der Waals surface area contributed by atoms with Gasteiger partial charge in [0.05, 0.1) is 31.0 Å². The van der Waals surface area contributed by atoms with Crippen LogP contribution >= 0.6 is 0 Å². The van der Waals surface area contributed by atoms with Crippen molar-refractivity contribution in [3.05, 3.63) is 0 Å². The average Bonchev–Trinajstić information content (AvgIpc) is 2.99. The monoisotopic (exact) mass is 284 g/mol. The Hall–Kier alpha value is -0.650. The fraction of sp³-hybridized carbons (Fsp3) is 0.933. The fourth-order valence-corrected chi connectivity index (χ4v) is 3.48. The van der Waals surface area contributed by atoms with E-state index in [2.05, 4.69) is 19.2 Å². The van der Waals surface area contributed by atoms with E-state index in [1.807, 2.05) is 4.90 Å². The number of amides is 1. The third kappa shape index (κ3) is 2.85. The minimum atomic E-state index is -0.305. The van der Waals surface area contributed by atoms with E-state index < -0.39 is 0 Å². The lowest BCUT2D eigenvalue weighted by Gasteiger charge is -2.30. The molecule has 0 radical (unpaired) electrons. The molecule has 1 saturated carbocycles. The van der Waals surface area contributed by atoms with E-state index in [4.69, 9.17) is 9.47 Å². The van der Waals surface area contributed by atoms with Crippen molar-refractivity contribution in [3.8, 4) is 0 Å². The molecule has 0 bridgehead atoms. The Labute approximate surface area is 122 Å². The van der Waals surface area contributed by atoms with E-state index in [1.54, 1.807) is 14.2 Å². The van der Waals surface area contributed by atoms with Crippen LogP contribution in [-0.2, 0) is 14.3 Å². The standard InChI is InChI=1S/C15H28N2O3/c1-11(2)13-16-15(7-5-6-8-15)14(18)17(13)9-12(20-4)10-19-3/h11-13,16H,5-10H2,1-4H3. The molecule has 1 saturated heterocycles. The molecule has 1 spiro atoms. The van der Waals surface area contributed by atoms with Crippen molar-refractivity contribution >= 4 is 5.91 Å². The topological polar surface area (TPSA) is 50.8 Å². The maximum atomic E-state index is 12.9. The Morgan fingerprint density at radius 2 is 2.00 bits per heavy atom. The zero-order valence-electron chi connectivity index (χ0n) is 13.1. The number of ether oxygens (including phenoxy) is 2. The summed E-state index contributed by atoms with van der Waals surface area (Å²) < 4.78 is 10.6. The first kappa shape index (κ1) is 15.7. The van der Waals surface area contributed by atoms with E-state index in [0.29, 0.717) is 19.1 Å². The molecule has 2 atom stereocenters. The van der Waals surface area contributed by atoms with E-state index in [1.165, 1.54) is 0 Å². The molecule has 5 heteroatoms. The lowest BCUT2D eigenvalue weighted by atomic mass is 9.98. The van der Waals surface area contributed by atoms with Gasteiger partial charge in [-0.3, -0.25) is 10.1 Å². The Kier molecular flexibility index (Phi) is 5.04. The summed E-state index contributed by atoms with van der Waals surface area (Å²) in [6.45, 7) is 5.42. The first-order chi connectivity index (χ1) is 9.54. The molecule has 1 aliphatic carbocycles. The van der Waals surface area contributed by atoms with Crippen LogP contribution in [-0.4, -0.2) is 56.0 Å². The molecule has 2 aliphatic rings. The van der Waals surface area contributed by atoms with E-state index in [9.17, 15) is 4.79 Å². The summed E-state index contributed by atoms with van der Waals surface area (Å²) in [6, 6.07) is 0. The SMILES string of the molecule is COCC(CN1C(=O)C2(CCCC2)NC1C(C)C)OC. The highest BCUT2D eigenvalue weighted by Gasteiger charge is 2.53. The third-order valence-corrected chi connectivity index (χ3v) is 4.61. The quantitative estimate of drug-likeness (QED) is 0.800. The van der Waals surface area contributed by atoms with Gasteiger partial charge in [-0.25, -0.2) is 0 Å². The second-order valence-electron chi connectivity index (χ2n) is 6.39. The highest BCUT2D eigenvalue weighted by atomic mass is 16.5. The molecular formula is C15H28N2O3. The van der Waals surface area contributed by atoms with Crippen LogP contribution in [0.2, 0.25) is 0 Å². The number of hydrogen-bond donors (Lipinski definition) is 1. The summed E-state index contributed by atoms with van der Waals surface area (Å²) in [4.78, 5) is 14.8. The van der Waals surface area contributed by atoms with Gasteiger partial charge in [-0.15, -0.1) is 0 Å². The van der Waals surface area contributed by atoms with Gasteiger partial charge in [-0.1, -0.05) is 26.7 Å². The predicted molar refractivity (Wildman–Crippen MR) is 77.3 cm³/mol. The van der Waals surface area contributed by atoms with Crippen LogP contribution in [0.1, 0.15) is 39.5 Å². The molecular weight excluding hydrogens is 256 g/mol. The lowest BCUT2D eigenvalue weighted by Crippen LogP contribution is -2.46. The molecule has 0 aromatic carbocycles. The smallest absolute Gasteiger partial charge is 0.244 e. The van der Waals surface area contributed by atoms with Gasteiger partial charge in [0.15, 0.2) is 0 Å². The van der Waals surface area contributed by atoms with Gasteiger partial charge >= 0.3 is 0 Å². The molecule has 1 aliphatic heterocycles. The maximum absolute atomic E-state index is 12.9. The minimum absolute atomic E-state index is 0.0662. The summed E-state index contributed by atoms with van der Waals surface area (Å²) in [7, 11) is 3.34. The second kappa shape index (κ2) is 6.41. The zero-order chi connectivity index (χ0) is 14.8. The van der Waals surface area contributed by atoms with Gasteiger partial charge in [0.25, 0.3) is 0 Å². The van der Waals surface area contributed by atoms with Gasteiger partial charge in [-0.2, -0.15) is 0 Å². The molecule has 1 N–H and O–H groups in total. The van der Waals surface area contributed by atoms with Gasteiger partial charge < -0.3 is 14.4 Å². The summed E-state index contributed by atoms with van der Waals surface area (Å²) in [5, 5.41) is 3.62. The number of nitrogens with zero attached hydrogens (tertiary/aromatic N) is 1. The largest absolute Gasteiger partial charge is 0.382 e. The number of carbonyl (C=O) groups is 1. The first-order valence-corrected chi connectivity index (χ1v) is 7.64. The van der Waals surface area contributed by atoms with Crippen molar-refractivity contribution in [2.45, 2.75) is 57.3 Å². The van der Waals surface area contributed by atoms with Crippen LogP contribution < -0.4 is 5.32 Å². The highest BCUT2D eigenvalue weighted by Crippen LogP contribution is 2.37. The summed E-state index contributed by atoms with van der Waals surface area (Å²) in [5.74, 6) is 0.644. The summed E-state index contributed by atoms with van der Waals surface area (Å²) >= 11 is 0. The molecule has 0 aromatic rings. The van der Waals surface area contributed by atoms with E-state index in [0.717, 1.165) is 25.7 Å². The van der Waals surface area contributed by atoms with Crippen LogP contribution in [0.4, 0.5) is 0 Å². The molecule has 5 nitrogen and oxygen atoms in total. The molecule has 2 fully saturated rings. The van der Waals surface area contributed by atoms with E-state index >= 15 is 0 Å². The van der Waals surface area contributed by atoms with Crippen molar-refractivity contribution in [2.75, 3.05) is 27.4 Å². The van der Waals surface area contributed by atoms with Gasteiger partial charge in [-0.05, 0) is 18.8 Å². The highest BCUT2D eigenvalue weighted by molar-refractivity contribution is 5.89. The maximum Gasteiger partial charge on any atom is 0.244 e. The van der Waals surface area contributed by atoms with Crippen LogP contribution in [0.3, 0.4) is 0 Å². The number of hydrogen-bond acceptors (Lipinski definition) is 4. The third-order valence-electron chi connectivity index (χ3n) is 4.61. The lowest BCUT2D eigenvalue weighted by molar-refractivity contribution is -0.135. The molecule has 2 rings (SSSR count). The summed E-state index contributed by atoms with van der Waals surface area (Å²) in [5.41, 5.74) is -0.305. The Bertz CT molecular complexity index is 340. The van der Waals surface area contributed by atoms with Crippen molar-refractivity contribution in [1.29, 1.82) is 0 Å². The van der Waals surface area contributed by atoms with Gasteiger partial charge in [0.1, 0.15) is 0 Å². The summed E-state index contributed by atoms with van der Waals surface area (Å²) in [6.07, 6.45) is 4.26. The molecule has 1 amide bonds. The average molecular weight is 284 g/mol. The number of rotatable bonds is 6. The van der Waals surface area contributed by atoms with Crippen molar-refractivity contribution < 1.29 is 14.3 Å². The van der Waals surface area contributed by atoms with Crippen molar-refractivity contribution in [3.63, 3.8) is 0 Å². The van der Waals surface area contributed by atoms with Gasteiger partial charge in [0.2, 0.25) is 5.91 Å². The van der Waals surface area contributed by atoms with Crippen LogP contribution in [0.25, 0.3) is 0 Å². The predicted octanol–water partition coefficient (Wildman–Crippen LogP) is 1.37. The molecule has 20 heavy (non-hydrogen) atoms. The van der Waals surface area contributed by atoms with Gasteiger partial charge in [0, 0.05) is 14.2 Å². The molecule has 0 aromatic heterocycles. The van der Waals surface area contributed by atoms with Crippen LogP contribution in [0.15, 0.2) is 0 Å². The first-order valence-electron chi connectivity index (χ1n) is 7.64. The number of nitrogens with one attached hydrogen (secondary N) is 1. The number of carbonyl (C=O) groups excluding carboxylic acids is 1. The minimum Gasteiger partial charge on any atom is -0.382 e. The fourth-order valence-electron chi connectivity index (χ4n) is 3.48. The number of methoxy groups -OCH3 is 2. The van der Waals surface area contributed by atoms with Crippen molar-refractivity contribution in [2.24, 2.45) is 5.92 Å². The van der Waals surface area contributed by atoms with Crippen molar-refractivity contribution in [1.82, 2.24) is 10.2 Å². The van der Waals surface area contributed by atoms with Crippen LogP contribution in [0, 0.1) is 5.92 Å². The van der Waals surface area contributed by atoms with Crippen LogP contribution in [0.5, 0.6) is 0 Å². The second-order valence-corrected chi connectivity index (χ2v) is 6.39. The molecule has 1 heterocycles. The Morgan fingerprint density at radius 3 is 2.50 bits per heavy atom. The van der Waals surface area contributed by atoms with E-state index in [-0.39, 0.29) is 23.7 Å². The molecule has 2 unspecified atom stereocenters. The molecule has 116 valence electrons. The normalized spacial score (nSPS) is 26.9. The Morgan fingerprint density at radius 1 is 1.35 bits per heavy atom. The Balaban J connectivity index is 2.13.